The minimum Gasteiger partial charge on any atom is -0.354 e. The molecule has 5 rings (SSSR count). The van der Waals surface area contributed by atoms with Crippen molar-refractivity contribution in [2.45, 2.75) is 33.2 Å². The summed E-state index contributed by atoms with van der Waals surface area (Å²) in [6, 6.07) is 14.8. The molecule has 0 aliphatic carbocycles. The fourth-order valence-electron chi connectivity index (χ4n) is 4.06. The Morgan fingerprint density at radius 2 is 2.04 bits per heavy atom. The van der Waals surface area contributed by atoms with Crippen molar-refractivity contribution >= 4 is 16.9 Å². The Bertz CT molecular complexity index is 1180. The molecule has 0 fully saturated rings. The number of benzene rings is 1. The molecular formula is C23H23N5. The van der Waals surface area contributed by atoms with Crippen molar-refractivity contribution < 1.29 is 0 Å². The first-order valence-electron chi connectivity index (χ1n) is 9.91. The van der Waals surface area contributed by atoms with E-state index in [2.05, 4.69) is 46.1 Å². The van der Waals surface area contributed by atoms with E-state index in [1.807, 2.05) is 31.3 Å². The SMILES string of the molecule is CCCc1ccc2c(-c3c(-c4cccc(C)n4)nc4n3CCN4)ccnc2c1. The smallest absolute Gasteiger partial charge is 0.204 e. The zero-order valence-electron chi connectivity index (χ0n) is 16.2. The van der Waals surface area contributed by atoms with Crippen LogP contribution in [-0.2, 0) is 13.0 Å². The molecule has 1 aliphatic heterocycles. The number of nitrogens with one attached hydrogen (secondary N) is 1. The maximum absolute atomic E-state index is 4.90. The highest BCUT2D eigenvalue weighted by molar-refractivity contribution is 5.97. The van der Waals surface area contributed by atoms with Crippen molar-refractivity contribution in [2.75, 3.05) is 11.9 Å². The third-order valence-corrected chi connectivity index (χ3v) is 5.32. The second kappa shape index (κ2) is 6.75. The number of imidazole rings is 1. The summed E-state index contributed by atoms with van der Waals surface area (Å²) < 4.78 is 2.27. The molecule has 1 N–H and O–H groups in total. The van der Waals surface area contributed by atoms with Gasteiger partial charge in [0.05, 0.1) is 16.9 Å². The molecule has 0 atom stereocenters. The average molecular weight is 369 g/mol. The van der Waals surface area contributed by atoms with Gasteiger partial charge in [-0.15, -0.1) is 0 Å². The van der Waals surface area contributed by atoms with Crippen LogP contribution in [0.2, 0.25) is 0 Å². The molecule has 0 saturated carbocycles. The van der Waals surface area contributed by atoms with Crippen molar-refractivity contribution in [3.8, 4) is 22.6 Å². The van der Waals surface area contributed by atoms with Crippen molar-refractivity contribution in [2.24, 2.45) is 0 Å². The average Bonchev–Trinajstić information content (AvgIpc) is 3.29. The zero-order valence-corrected chi connectivity index (χ0v) is 16.2. The molecule has 4 heterocycles. The Kier molecular flexibility index (Phi) is 4.08. The van der Waals surface area contributed by atoms with Crippen LogP contribution in [0.3, 0.4) is 0 Å². The van der Waals surface area contributed by atoms with E-state index in [1.165, 1.54) is 5.56 Å². The summed E-state index contributed by atoms with van der Waals surface area (Å²) >= 11 is 0. The lowest BCUT2D eigenvalue weighted by molar-refractivity contribution is 0.818. The largest absolute Gasteiger partial charge is 0.354 e. The van der Waals surface area contributed by atoms with E-state index in [4.69, 9.17) is 9.97 Å². The Labute approximate surface area is 164 Å². The number of hydrogen-bond donors (Lipinski definition) is 1. The molecule has 140 valence electrons. The van der Waals surface area contributed by atoms with Crippen LogP contribution >= 0.6 is 0 Å². The Morgan fingerprint density at radius 1 is 1.11 bits per heavy atom. The third kappa shape index (κ3) is 2.74. The molecule has 4 aromatic rings. The Balaban J connectivity index is 1.76. The lowest BCUT2D eigenvalue weighted by Crippen LogP contribution is -2.00. The maximum atomic E-state index is 4.90. The van der Waals surface area contributed by atoms with Gasteiger partial charge in [-0.2, -0.15) is 0 Å². The van der Waals surface area contributed by atoms with Gasteiger partial charge >= 0.3 is 0 Å². The fraction of sp³-hybridized carbons (Fsp3) is 0.261. The van der Waals surface area contributed by atoms with Crippen LogP contribution in [0, 0.1) is 6.92 Å². The van der Waals surface area contributed by atoms with Crippen molar-refractivity contribution in [3.05, 3.63) is 59.9 Å². The third-order valence-electron chi connectivity index (χ3n) is 5.32. The number of aryl methyl sites for hydroxylation is 2. The second-order valence-electron chi connectivity index (χ2n) is 7.34. The molecule has 5 nitrogen and oxygen atoms in total. The van der Waals surface area contributed by atoms with Gasteiger partial charge in [0.1, 0.15) is 5.69 Å². The van der Waals surface area contributed by atoms with E-state index in [-0.39, 0.29) is 0 Å². The van der Waals surface area contributed by atoms with Crippen LogP contribution in [0.25, 0.3) is 33.5 Å². The van der Waals surface area contributed by atoms with Crippen LogP contribution in [0.5, 0.6) is 0 Å². The van der Waals surface area contributed by atoms with E-state index >= 15 is 0 Å². The highest BCUT2D eigenvalue weighted by Crippen LogP contribution is 2.38. The second-order valence-corrected chi connectivity index (χ2v) is 7.34. The molecule has 28 heavy (non-hydrogen) atoms. The van der Waals surface area contributed by atoms with Crippen molar-refractivity contribution in [1.29, 1.82) is 0 Å². The van der Waals surface area contributed by atoms with Crippen molar-refractivity contribution in [3.63, 3.8) is 0 Å². The van der Waals surface area contributed by atoms with E-state index in [0.29, 0.717) is 0 Å². The number of rotatable bonds is 4. The lowest BCUT2D eigenvalue weighted by atomic mass is 10.0. The number of nitrogens with zero attached hydrogens (tertiary/aromatic N) is 4. The molecule has 0 bridgehead atoms. The molecule has 5 heteroatoms. The molecule has 0 unspecified atom stereocenters. The topological polar surface area (TPSA) is 55.6 Å². The van der Waals surface area contributed by atoms with E-state index in [0.717, 1.165) is 71.1 Å². The monoisotopic (exact) mass is 369 g/mol. The summed E-state index contributed by atoms with van der Waals surface area (Å²) in [6.07, 6.45) is 4.12. The minimum absolute atomic E-state index is 0.903. The highest BCUT2D eigenvalue weighted by atomic mass is 15.3. The molecule has 1 aliphatic rings. The summed E-state index contributed by atoms with van der Waals surface area (Å²) in [5, 5.41) is 4.56. The first-order valence-corrected chi connectivity index (χ1v) is 9.91. The Hall–Kier alpha value is -3.21. The summed E-state index contributed by atoms with van der Waals surface area (Å²) in [5.74, 6) is 0.917. The van der Waals surface area contributed by atoms with Gasteiger partial charge < -0.3 is 9.88 Å². The van der Waals surface area contributed by atoms with Crippen LogP contribution in [0.4, 0.5) is 5.95 Å². The normalized spacial score (nSPS) is 12.9. The van der Waals surface area contributed by atoms with E-state index in [9.17, 15) is 0 Å². The molecule has 0 amide bonds. The maximum Gasteiger partial charge on any atom is 0.204 e. The quantitative estimate of drug-likeness (QED) is 0.559. The molecule has 0 spiro atoms. The summed E-state index contributed by atoms with van der Waals surface area (Å²) in [6.45, 7) is 6.03. The number of pyridine rings is 2. The van der Waals surface area contributed by atoms with E-state index < -0.39 is 0 Å². The predicted octanol–water partition coefficient (Wildman–Crippen LogP) is 4.85. The van der Waals surface area contributed by atoms with Gasteiger partial charge in [-0.3, -0.25) is 9.97 Å². The molecule has 1 aromatic carbocycles. The minimum atomic E-state index is 0.903. The first-order chi connectivity index (χ1) is 13.7. The summed E-state index contributed by atoms with van der Waals surface area (Å²) in [4.78, 5) is 14.3. The van der Waals surface area contributed by atoms with Crippen LogP contribution in [-0.4, -0.2) is 26.1 Å². The number of hydrogen-bond acceptors (Lipinski definition) is 4. The number of aromatic nitrogens is 4. The van der Waals surface area contributed by atoms with Gasteiger partial charge in [0.25, 0.3) is 0 Å². The summed E-state index contributed by atoms with van der Waals surface area (Å²) in [5.41, 5.74) is 7.48. The standard InChI is InChI=1S/C23H23N5/c1-3-5-16-8-9-17-18(10-11-24-20(17)14-16)22-21(19-7-4-6-15(2)26-19)27-23-25-12-13-28(22)23/h4,6-11,14H,3,5,12-13H2,1-2H3,(H,25,27). The van der Waals surface area contributed by atoms with Crippen LogP contribution < -0.4 is 5.32 Å². The van der Waals surface area contributed by atoms with Gasteiger partial charge in [-0.25, -0.2) is 4.98 Å². The summed E-state index contributed by atoms with van der Waals surface area (Å²) in [7, 11) is 0. The molecule has 0 saturated heterocycles. The van der Waals surface area contributed by atoms with Gasteiger partial charge in [-0.05, 0) is 43.2 Å². The van der Waals surface area contributed by atoms with Crippen LogP contribution in [0.15, 0.2) is 48.7 Å². The highest BCUT2D eigenvalue weighted by Gasteiger charge is 2.25. The molecule has 0 radical (unpaired) electrons. The van der Waals surface area contributed by atoms with Gasteiger partial charge in [0.15, 0.2) is 0 Å². The van der Waals surface area contributed by atoms with Gasteiger partial charge in [0, 0.05) is 35.9 Å². The zero-order chi connectivity index (χ0) is 19.1. The predicted molar refractivity (Wildman–Crippen MR) is 113 cm³/mol. The fourth-order valence-corrected chi connectivity index (χ4v) is 4.06. The van der Waals surface area contributed by atoms with Gasteiger partial charge in [-0.1, -0.05) is 31.5 Å². The van der Waals surface area contributed by atoms with Crippen LogP contribution in [0.1, 0.15) is 24.6 Å². The first kappa shape index (κ1) is 16.9. The van der Waals surface area contributed by atoms with Gasteiger partial charge in [0.2, 0.25) is 5.95 Å². The molecular weight excluding hydrogens is 346 g/mol. The number of anilines is 1. The van der Waals surface area contributed by atoms with Crippen molar-refractivity contribution in [1.82, 2.24) is 19.5 Å². The lowest BCUT2D eigenvalue weighted by Gasteiger charge is -2.11. The number of fused-ring (bicyclic) bond motifs is 2. The van der Waals surface area contributed by atoms with E-state index in [1.54, 1.807) is 0 Å². The Morgan fingerprint density at radius 3 is 2.89 bits per heavy atom. The molecule has 3 aromatic heterocycles.